The zero-order chi connectivity index (χ0) is 15.3. The van der Waals surface area contributed by atoms with E-state index in [4.69, 9.17) is 11.6 Å². The van der Waals surface area contributed by atoms with Crippen molar-refractivity contribution in [3.63, 3.8) is 0 Å². The van der Waals surface area contributed by atoms with Gasteiger partial charge in [-0.25, -0.2) is 4.52 Å². The molecule has 2 aromatic carbocycles. The van der Waals surface area contributed by atoms with E-state index < -0.39 is 0 Å². The third-order valence-corrected chi connectivity index (χ3v) is 4.00. The Hall–Kier alpha value is -2.59. The van der Waals surface area contributed by atoms with E-state index in [1.165, 1.54) is 0 Å². The van der Waals surface area contributed by atoms with Gasteiger partial charge < -0.3 is 0 Å². The molecule has 4 nitrogen and oxygen atoms in total. The molecule has 0 fully saturated rings. The molecule has 0 atom stereocenters. The average Bonchev–Trinajstić information content (AvgIpc) is 2.98. The maximum atomic E-state index is 12.9. The molecule has 0 bridgehead atoms. The Kier molecular flexibility index (Phi) is 2.81. The molecule has 2 heterocycles. The van der Waals surface area contributed by atoms with Crippen LogP contribution in [0.5, 0.6) is 0 Å². The summed E-state index contributed by atoms with van der Waals surface area (Å²) in [7, 11) is 0. The molecule has 5 heteroatoms. The van der Waals surface area contributed by atoms with Crippen molar-refractivity contribution >= 4 is 28.2 Å². The Balaban J connectivity index is 2.20. The first kappa shape index (κ1) is 13.1. The fourth-order valence-electron chi connectivity index (χ4n) is 2.68. The first-order valence-corrected chi connectivity index (χ1v) is 7.28. The van der Waals surface area contributed by atoms with Gasteiger partial charge in [0.1, 0.15) is 5.65 Å². The molecule has 0 unspecified atom stereocenters. The maximum absolute atomic E-state index is 12.9. The maximum Gasteiger partial charge on any atom is 0.266 e. The van der Waals surface area contributed by atoms with Crippen LogP contribution in [-0.2, 0) is 0 Å². The summed E-state index contributed by atoms with van der Waals surface area (Å²) < 4.78 is 3.41. The van der Waals surface area contributed by atoms with E-state index in [0.717, 1.165) is 22.4 Å². The van der Waals surface area contributed by atoms with Crippen LogP contribution in [0.1, 0.15) is 5.56 Å². The van der Waals surface area contributed by atoms with E-state index in [9.17, 15) is 4.79 Å². The number of fused-ring (bicyclic) bond motifs is 3. The highest BCUT2D eigenvalue weighted by atomic mass is 35.5. The molecular weight excluding hydrogens is 298 g/mol. The van der Waals surface area contributed by atoms with Gasteiger partial charge in [0, 0.05) is 11.1 Å². The fourth-order valence-corrected chi connectivity index (χ4v) is 2.86. The van der Waals surface area contributed by atoms with Crippen LogP contribution >= 0.6 is 11.6 Å². The van der Waals surface area contributed by atoms with E-state index in [-0.39, 0.29) is 5.56 Å². The Morgan fingerprint density at radius 1 is 1.05 bits per heavy atom. The molecule has 22 heavy (non-hydrogen) atoms. The third-order valence-electron chi connectivity index (χ3n) is 3.76. The second-order valence-corrected chi connectivity index (χ2v) is 5.68. The number of hydrogen-bond donors (Lipinski definition) is 0. The molecule has 0 aliphatic carbocycles. The molecule has 0 amide bonds. The molecule has 108 valence electrons. The minimum absolute atomic E-state index is 0.102. The van der Waals surface area contributed by atoms with Gasteiger partial charge in [-0.05, 0) is 37.3 Å². The third kappa shape index (κ3) is 1.84. The highest BCUT2D eigenvalue weighted by molar-refractivity contribution is 6.31. The van der Waals surface area contributed by atoms with Crippen molar-refractivity contribution in [3.8, 4) is 5.69 Å². The molecule has 4 rings (SSSR count). The van der Waals surface area contributed by atoms with Crippen molar-refractivity contribution in [2.45, 2.75) is 6.92 Å². The number of nitrogens with zero attached hydrogens (tertiary/aromatic N) is 3. The molecule has 0 saturated heterocycles. The van der Waals surface area contributed by atoms with E-state index in [1.54, 1.807) is 27.4 Å². The quantitative estimate of drug-likeness (QED) is 0.539. The molecular formula is C17H12ClN3O. The highest BCUT2D eigenvalue weighted by Gasteiger charge is 2.13. The predicted octanol–water partition coefficient (Wildman–Crippen LogP) is 3.60. The Bertz CT molecular complexity index is 1060. The van der Waals surface area contributed by atoms with Gasteiger partial charge in [-0.2, -0.15) is 5.10 Å². The summed E-state index contributed by atoms with van der Waals surface area (Å²) >= 11 is 6.06. The lowest BCUT2D eigenvalue weighted by molar-refractivity contribution is 0.923. The molecule has 0 spiro atoms. The lowest BCUT2D eigenvalue weighted by atomic mass is 10.2. The van der Waals surface area contributed by atoms with Crippen LogP contribution in [0.4, 0.5) is 0 Å². The molecule has 0 saturated carbocycles. The summed E-state index contributed by atoms with van der Waals surface area (Å²) in [4.78, 5) is 12.9. The lowest BCUT2D eigenvalue weighted by Crippen LogP contribution is -2.21. The summed E-state index contributed by atoms with van der Waals surface area (Å²) in [6.45, 7) is 2.02. The molecule has 0 N–H and O–H groups in total. The summed E-state index contributed by atoms with van der Waals surface area (Å²) in [5.41, 5.74) is 3.32. The first-order valence-electron chi connectivity index (χ1n) is 6.90. The van der Waals surface area contributed by atoms with Crippen molar-refractivity contribution in [3.05, 3.63) is 75.7 Å². The fraction of sp³-hybridized carbons (Fsp3) is 0.0588. The zero-order valence-electron chi connectivity index (χ0n) is 11.8. The number of hydrogen-bond acceptors (Lipinski definition) is 2. The topological polar surface area (TPSA) is 39.3 Å². The SMILES string of the molecule is Cc1ccc(-n2c(=O)c3cc(Cl)ccc3n3nccc23)cc1. The minimum atomic E-state index is -0.102. The van der Waals surface area contributed by atoms with Gasteiger partial charge in [0.15, 0.2) is 0 Å². The molecule has 4 aromatic rings. The normalized spacial score (nSPS) is 11.4. The average molecular weight is 310 g/mol. The summed E-state index contributed by atoms with van der Waals surface area (Å²) in [5, 5.41) is 5.41. The van der Waals surface area contributed by atoms with Crippen LogP contribution in [0.25, 0.3) is 22.2 Å². The summed E-state index contributed by atoms with van der Waals surface area (Å²) in [5.74, 6) is 0. The van der Waals surface area contributed by atoms with Crippen molar-refractivity contribution in [1.29, 1.82) is 0 Å². The van der Waals surface area contributed by atoms with Gasteiger partial charge in [0.2, 0.25) is 0 Å². The van der Waals surface area contributed by atoms with Gasteiger partial charge >= 0.3 is 0 Å². The minimum Gasteiger partial charge on any atom is -0.268 e. The van der Waals surface area contributed by atoms with Crippen LogP contribution in [-0.4, -0.2) is 14.2 Å². The Morgan fingerprint density at radius 3 is 2.59 bits per heavy atom. The zero-order valence-corrected chi connectivity index (χ0v) is 12.6. The number of halogens is 1. The monoisotopic (exact) mass is 309 g/mol. The van der Waals surface area contributed by atoms with E-state index in [1.807, 2.05) is 43.3 Å². The van der Waals surface area contributed by atoms with Crippen molar-refractivity contribution in [2.75, 3.05) is 0 Å². The van der Waals surface area contributed by atoms with Gasteiger partial charge in [-0.3, -0.25) is 9.36 Å². The van der Waals surface area contributed by atoms with Gasteiger partial charge in [-0.15, -0.1) is 0 Å². The van der Waals surface area contributed by atoms with E-state index in [2.05, 4.69) is 5.10 Å². The predicted molar refractivity (Wildman–Crippen MR) is 88.0 cm³/mol. The van der Waals surface area contributed by atoms with Gasteiger partial charge in [0.05, 0.1) is 22.8 Å². The smallest absolute Gasteiger partial charge is 0.266 e. The van der Waals surface area contributed by atoms with Crippen LogP contribution in [0.2, 0.25) is 5.02 Å². The molecule has 0 aliphatic rings. The van der Waals surface area contributed by atoms with Crippen LogP contribution in [0.3, 0.4) is 0 Å². The molecule has 0 radical (unpaired) electrons. The highest BCUT2D eigenvalue weighted by Crippen LogP contribution is 2.20. The van der Waals surface area contributed by atoms with Crippen LogP contribution in [0, 0.1) is 6.92 Å². The lowest BCUT2D eigenvalue weighted by Gasteiger charge is -2.11. The van der Waals surface area contributed by atoms with Crippen molar-refractivity contribution < 1.29 is 0 Å². The molecule has 0 aliphatic heterocycles. The number of aromatic nitrogens is 3. The second-order valence-electron chi connectivity index (χ2n) is 5.24. The van der Waals surface area contributed by atoms with E-state index in [0.29, 0.717) is 10.4 Å². The second kappa shape index (κ2) is 4.71. The van der Waals surface area contributed by atoms with Crippen molar-refractivity contribution in [1.82, 2.24) is 14.2 Å². The summed E-state index contributed by atoms with van der Waals surface area (Å²) in [6.07, 6.45) is 1.69. The number of benzene rings is 2. The van der Waals surface area contributed by atoms with Crippen molar-refractivity contribution in [2.24, 2.45) is 0 Å². The first-order chi connectivity index (χ1) is 10.6. The van der Waals surface area contributed by atoms with Gasteiger partial charge in [0.25, 0.3) is 5.56 Å². The van der Waals surface area contributed by atoms with Crippen LogP contribution in [0.15, 0.2) is 59.5 Å². The van der Waals surface area contributed by atoms with E-state index >= 15 is 0 Å². The standard InChI is InChI=1S/C17H12ClN3O/c1-11-2-5-13(6-3-11)20-16-8-9-19-21(16)15-7-4-12(18)10-14(15)17(20)22/h2-10H,1H3. The molecule has 2 aromatic heterocycles. The Labute approximate surface area is 131 Å². The number of rotatable bonds is 1. The Morgan fingerprint density at radius 2 is 1.82 bits per heavy atom. The summed E-state index contributed by atoms with van der Waals surface area (Å²) in [6, 6.07) is 14.9. The largest absolute Gasteiger partial charge is 0.268 e. The van der Waals surface area contributed by atoms with Gasteiger partial charge in [-0.1, -0.05) is 29.3 Å². The number of aryl methyl sites for hydroxylation is 1. The van der Waals surface area contributed by atoms with Crippen LogP contribution < -0.4 is 5.56 Å².